The molecule has 1 unspecified atom stereocenters. The maximum Gasteiger partial charge on any atom is 0.305 e. The van der Waals surface area contributed by atoms with Crippen molar-refractivity contribution in [3.8, 4) is 0 Å². The van der Waals surface area contributed by atoms with Crippen LogP contribution in [0.2, 0.25) is 0 Å². The van der Waals surface area contributed by atoms with Gasteiger partial charge in [-0.25, -0.2) is 0 Å². The summed E-state index contributed by atoms with van der Waals surface area (Å²) < 4.78 is 22.0. The highest BCUT2D eigenvalue weighted by Crippen LogP contribution is 2.56. The molecule has 102 valence electrons. The first-order valence-electron chi connectivity index (χ1n) is 6.04. The van der Waals surface area contributed by atoms with Gasteiger partial charge in [0.25, 0.3) is 6.57 Å². The first-order chi connectivity index (χ1) is 8.02. The molecule has 0 radical (unpaired) electrons. The summed E-state index contributed by atoms with van der Waals surface area (Å²) in [5.41, 5.74) is 0. The molecule has 17 heavy (non-hydrogen) atoms. The zero-order valence-electron chi connectivity index (χ0n) is 10.9. The molecule has 0 N–H and O–H groups in total. The summed E-state index contributed by atoms with van der Waals surface area (Å²) in [7, 11) is 0. The molecule has 1 atom stereocenters. The van der Waals surface area contributed by atoms with Crippen LogP contribution in [0.4, 0.5) is 0 Å². The van der Waals surface area contributed by atoms with Crippen molar-refractivity contribution in [2.45, 2.75) is 39.5 Å². The van der Waals surface area contributed by atoms with Crippen LogP contribution in [0, 0.1) is 0 Å². The summed E-state index contributed by atoms with van der Waals surface area (Å²) in [5.74, 6) is 0.626. The van der Waals surface area contributed by atoms with Crippen LogP contribution in [0.5, 0.6) is 0 Å². The standard InChI is InChI=1S/C11H23O4PS/c1-4-6-10-17-16(3,13)15-9-8-14-11(12)7-5-2/h4-10H2,1-3H3. The number of carbonyl (C=O) groups excluding carboxylic acids is 1. The van der Waals surface area contributed by atoms with E-state index in [0.717, 1.165) is 25.0 Å². The van der Waals surface area contributed by atoms with Gasteiger partial charge in [0.2, 0.25) is 0 Å². The average molecular weight is 282 g/mol. The number of unbranched alkanes of at least 4 members (excludes halogenated alkanes) is 1. The van der Waals surface area contributed by atoms with E-state index >= 15 is 0 Å². The summed E-state index contributed by atoms with van der Waals surface area (Å²) >= 11 is 1.37. The third-order valence-corrected chi connectivity index (χ3v) is 5.81. The molecule has 0 heterocycles. The van der Waals surface area contributed by atoms with Gasteiger partial charge in [0.05, 0.1) is 6.61 Å². The van der Waals surface area contributed by atoms with Gasteiger partial charge in [0.15, 0.2) is 0 Å². The van der Waals surface area contributed by atoms with Gasteiger partial charge in [-0.2, -0.15) is 0 Å². The highest BCUT2D eigenvalue weighted by Gasteiger charge is 2.16. The fraction of sp³-hybridized carbons (Fsp3) is 0.909. The Morgan fingerprint density at radius 3 is 2.53 bits per heavy atom. The van der Waals surface area contributed by atoms with Crippen LogP contribution in [0.25, 0.3) is 0 Å². The predicted molar refractivity (Wildman–Crippen MR) is 72.7 cm³/mol. The van der Waals surface area contributed by atoms with Gasteiger partial charge in [-0.3, -0.25) is 9.36 Å². The van der Waals surface area contributed by atoms with Gasteiger partial charge in [0.1, 0.15) is 6.61 Å². The van der Waals surface area contributed by atoms with Crippen LogP contribution in [-0.2, 0) is 18.6 Å². The molecule has 0 amide bonds. The van der Waals surface area contributed by atoms with E-state index in [4.69, 9.17) is 9.26 Å². The van der Waals surface area contributed by atoms with Crippen molar-refractivity contribution < 1.29 is 18.6 Å². The number of rotatable bonds is 10. The van der Waals surface area contributed by atoms with E-state index in [1.165, 1.54) is 11.4 Å². The second-order valence-electron chi connectivity index (χ2n) is 3.76. The van der Waals surface area contributed by atoms with Gasteiger partial charge >= 0.3 is 5.97 Å². The van der Waals surface area contributed by atoms with E-state index in [1.54, 1.807) is 6.66 Å². The number of ether oxygens (including phenoxy) is 1. The number of carbonyl (C=O) groups is 1. The average Bonchev–Trinajstić information content (AvgIpc) is 2.25. The zero-order chi connectivity index (χ0) is 13.1. The molecule has 0 bridgehead atoms. The van der Waals surface area contributed by atoms with Crippen LogP contribution in [0.3, 0.4) is 0 Å². The van der Waals surface area contributed by atoms with E-state index in [-0.39, 0.29) is 19.2 Å². The minimum absolute atomic E-state index is 0.186. The molecule has 0 aromatic heterocycles. The fourth-order valence-electron chi connectivity index (χ4n) is 1.05. The highest BCUT2D eigenvalue weighted by atomic mass is 32.7. The number of hydrogen-bond donors (Lipinski definition) is 0. The van der Waals surface area contributed by atoms with Gasteiger partial charge < -0.3 is 9.26 Å². The summed E-state index contributed by atoms with van der Waals surface area (Å²) in [6, 6.07) is 0. The van der Waals surface area contributed by atoms with Crippen molar-refractivity contribution in [1.29, 1.82) is 0 Å². The molecule has 4 nitrogen and oxygen atoms in total. The third kappa shape index (κ3) is 10.9. The number of hydrogen-bond acceptors (Lipinski definition) is 5. The van der Waals surface area contributed by atoms with Crippen molar-refractivity contribution in [3.63, 3.8) is 0 Å². The second-order valence-corrected chi connectivity index (χ2v) is 8.99. The molecule has 0 saturated carbocycles. The molecule has 0 spiro atoms. The van der Waals surface area contributed by atoms with Crippen LogP contribution in [-0.4, -0.2) is 31.6 Å². The Kier molecular flexibility index (Phi) is 9.99. The first-order valence-corrected chi connectivity index (χ1v) is 9.70. The summed E-state index contributed by atoms with van der Waals surface area (Å²) in [6.07, 6.45) is 3.33. The summed E-state index contributed by atoms with van der Waals surface area (Å²) in [6.45, 7) is 3.45. The van der Waals surface area contributed by atoms with E-state index in [1.807, 2.05) is 6.92 Å². The van der Waals surface area contributed by atoms with E-state index in [9.17, 15) is 9.36 Å². The van der Waals surface area contributed by atoms with Crippen LogP contribution in [0.15, 0.2) is 0 Å². The largest absolute Gasteiger partial charge is 0.463 e. The third-order valence-electron chi connectivity index (χ3n) is 1.95. The Hall–Kier alpha value is 0.0100. The molecular weight excluding hydrogens is 259 g/mol. The zero-order valence-corrected chi connectivity index (χ0v) is 12.6. The van der Waals surface area contributed by atoms with Crippen LogP contribution < -0.4 is 0 Å². The Labute approximate surface area is 108 Å². The highest BCUT2D eigenvalue weighted by molar-refractivity contribution is 8.56. The van der Waals surface area contributed by atoms with Crippen molar-refractivity contribution >= 4 is 23.9 Å². The lowest BCUT2D eigenvalue weighted by Gasteiger charge is -2.12. The topological polar surface area (TPSA) is 52.6 Å². The molecule has 0 aliphatic rings. The minimum atomic E-state index is -2.57. The smallest absolute Gasteiger partial charge is 0.305 e. The Bertz CT molecular complexity index is 258. The minimum Gasteiger partial charge on any atom is -0.463 e. The van der Waals surface area contributed by atoms with Crippen molar-refractivity contribution in [2.75, 3.05) is 25.6 Å². The van der Waals surface area contributed by atoms with E-state index in [2.05, 4.69) is 6.92 Å². The van der Waals surface area contributed by atoms with Gasteiger partial charge in [0, 0.05) is 18.8 Å². The molecule has 0 rings (SSSR count). The normalized spacial score (nSPS) is 14.3. The molecule has 0 aromatic rings. The lowest BCUT2D eigenvalue weighted by atomic mass is 10.3. The molecule has 6 heteroatoms. The van der Waals surface area contributed by atoms with E-state index < -0.39 is 6.57 Å². The quantitative estimate of drug-likeness (QED) is 0.347. The Morgan fingerprint density at radius 2 is 1.94 bits per heavy atom. The SMILES string of the molecule is CCCCSP(C)(=O)OCCOC(=O)CCC. The maximum atomic E-state index is 11.9. The predicted octanol–water partition coefficient (Wildman–Crippen LogP) is 3.70. The molecule has 0 saturated heterocycles. The molecular formula is C11H23O4PS. The van der Waals surface area contributed by atoms with Crippen molar-refractivity contribution in [3.05, 3.63) is 0 Å². The lowest BCUT2D eigenvalue weighted by molar-refractivity contribution is -0.144. The Morgan fingerprint density at radius 1 is 1.24 bits per heavy atom. The Balaban J connectivity index is 3.58. The molecule has 0 fully saturated rings. The monoisotopic (exact) mass is 282 g/mol. The first kappa shape index (κ1) is 17.0. The molecule has 0 aliphatic heterocycles. The van der Waals surface area contributed by atoms with Crippen LogP contribution in [0.1, 0.15) is 39.5 Å². The summed E-state index contributed by atoms with van der Waals surface area (Å²) in [4.78, 5) is 11.0. The molecule has 0 aliphatic carbocycles. The number of esters is 1. The maximum absolute atomic E-state index is 11.9. The second kappa shape index (κ2) is 9.98. The fourth-order valence-corrected chi connectivity index (χ4v) is 4.11. The van der Waals surface area contributed by atoms with E-state index in [0.29, 0.717) is 6.42 Å². The lowest BCUT2D eigenvalue weighted by Crippen LogP contribution is -2.09. The van der Waals surface area contributed by atoms with Gasteiger partial charge in [-0.15, -0.1) is 0 Å². The van der Waals surface area contributed by atoms with Crippen LogP contribution >= 0.6 is 18.0 Å². The summed E-state index contributed by atoms with van der Waals surface area (Å²) in [5, 5.41) is 0. The molecule has 0 aromatic carbocycles. The van der Waals surface area contributed by atoms with Gasteiger partial charge in [-0.05, 0) is 12.8 Å². The van der Waals surface area contributed by atoms with Crippen molar-refractivity contribution in [2.24, 2.45) is 0 Å². The van der Waals surface area contributed by atoms with Gasteiger partial charge in [-0.1, -0.05) is 31.7 Å². The van der Waals surface area contributed by atoms with Crippen molar-refractivity contribution in [1.82, 2.24) is 0 Å².